The van der Waals surface area contributed by atoms with Crippen LogP contribution in [-0.4, -0.2) is 74.4 Å². The Morgan fingerprint density at radius 2 is 1.96 bits per heavy atom. The van der Waals surface area contributed by atoms with Gasteiger partial charge in [-0.3, -0.25) is 4.90 Å². The van der Waals surface area contributed by atoms with Gasteiger partial charge in [0.25, 0.3) is 0 Å². The van der Waals surface area contributed by atoms with Crippen LogP contribution < -0.4 is 10.1 Å². The minimum Gasteiger partial charge on any atom is -0.489 e. The number of ether oxygens (including phenoxy) is 2. The quantitative estimate of drug-likeness (QED) is 0.844. The van der Waals surface area contributed by atoms with Crippen molar-refractivity contribution in [2.24, 2.45) is 5.41 Å². The van der Waals surface area contributed by atoms with Crippen LogP contribution in [0.25, 0.3) is 0 Å². The lowest BCUT2D eigenvalue weighted by Crippen LogP contribution is -2.45. The molecule has 0 aromatic heterocycles. The van der Waals surface area contributed by atoms with Crippen LogP contribution in [0.2, 0.25) is 0 Å². The molecule has 3 fully saturated rings. The Labute approximate surface area is 155 Å². The summed E-state index contributed by atoms with van der Waals surface area (Å²) < 4.78 is 11.4. The molecule has 6 nitrogen and oxygen atoms in total. The lowest BCUT2D eigenvalue weighted by molar-refractivity contribution is 0.0285. The highest BCUT2D eigenvalue weighted by atomic mass is 16.5. The Bertz CT molecular complexity index is 600. The molecule has 1 aromatic carbocycles. The average molecular weight is 359 g/mol. The second-order valence-corrected chi connectivity index (χ2v) is 7.83. The third-order valence-electron chi connectivity index (χ3n) is 5.71. The van der Waals surface area contributed by atoms with Crippen LogP contribution in [0.15, 0.2) is 30.3 Å². The number of nitrogens with one attached hydrogen (secondary N) is 1. The Morgan fingerprint density at radius 1 is 1.19 bits per heavy atom. The molecular formula is C20H29N3O3. The van der Waals surface area contributed by atoms with Crippen molar-refractivity contribution in [2.75, 3.05) is 52.5 Å². The van der Waals surface area contributed by atoms with E-state index in [2.05, 4.69) is 10.2 Å². The Balaban J connectivity index is 1.20. The predicted octanol–water partition coefficient (Wildman–Crippen LogP) is 1.96. The van der Waals surface area contributed by atoms with Crippen LogP contribution in [0.5, 0.6) is 5.75 Å². The SMILES string of the molecule is O=C(NCC1(CN2CCOCC2)CC1)N1CC[C@@H](Oc2ccccc2)C1. The molecule has 6 heteroatoms. The van der Waals surface area contributed by atoms with Crippen LogP contribution >= 0.6 is 0 Å². The molecule has 4 rings (SSSR count). The van der Waals surface area contributed by atoms with Crippen molar-refractivity contribution >= 4 is 6.03 Å². The molecule has 2 saturated heterocycles. The Morgan fingerprint density at radius 3 is 2.69 bits per heavy atom. The molecule has 142 valence electrons. The second kappa shape index (κ2) is 7.84. The maximum atomic E-state index is 12.5. The highest BCUT2D eigenvalue weighted by Gasteiger charge is 2.44. The van der Waals surface area contributed by atoms with Crippen molar-refractivity contribution < 1.29 is 14.3 Å². The topological polar surface area (TPSA) is 54.0 Å². The van der Waals surface area contributed by atoms with Crippen molar-refractivity contribution in [1.82, 2.24) is 15.1 Å². The van der Waals surface area contributed by atoms with Crippen molar-refractivity contribution in [1.29, 1.82) is 0 Å². The first-order chi connectivity index (χ1) is 12.7. The number of rotatable bonds is 6. The van der Waals surface area contributed by atoms with E-state index in [-0.39, 0.29) is 17.6 Å². The van der Waals surface area contributed by atoms with Gasteiger partial charge in [0, 0.05) is 44.6 Å². The van der Waals surface area contributed by atoms with Crippen molar-refractivity contribution in [3.63, 3.8) is 0 Å². The fourth-order valence-corrected chi connectivity index (χ4v) is 3.88. The molecule has 1 N–H and O–H groups in total. The largest absolute Gasteiger partial charge is 0.489 e. The molecule has 1 aromatic rings. The fraction of sp³-hybridized carbons (Fsp3) is 0.650. The van der Waals surface area contributed by atoms with E-state index >= 15 is 0 Å². The van der Waals surface area contributed by atoms with Gasteiger partial charge in [0.1, 0.15) is 11.9 Å². The first-order valence-electron chi connectivity index (χ1n) is 9.77. The molecular weight excluding hydrogens is 330 g/mol. The standard InChI is InChI=1S/C20H29N3O3/c24-19(21-15-20(7-8-20)16-22-10-12-25-13-11-22)23-9-6-18(14-23)26-17-4-2-1-3-5-17/h1-5,18H,6-16H2,(H,21,24)/t18-/m1/s1. The fourth-order valence-electron chi connectivity index (χ4n) is 3.88. The van der Waals surface area contributed by atoms with Gasteiger partial charge in [-0.2, -0.15) is 0 Å². The van der Waals surface area contributed by atoms with E-state index in [9.17, 15) is 4.79 Å². The average Bonchev–Trinajstić information content (AvgIpc) is 3.28. The van der Waals surface area contributed by atoms with Crippen LogP contribution in [0.1, 0.15) is 19.3 Å². The van der Waals surface area contributed by atoms with Gasteiger partial charge < -0.3 is 19.7 Å². The maximum absolute atomic E-state index is 12.5. The first-order valence-corrected chi connectivity index (χ1v) is 9.77. The number of para-hydroxylation sites is 1. The summed E-state index contributed by atoms with van der Waals surface area (Å²) in [6, 6.07) is 9.90. The number of likely N-dealkylation sites (tertiary alicyclic amines) is 1. The van der Waals surface area contributed by atoms with E-state index in [1.54, 1.807) is 0 Å². The van der Waals surface area contributed by atoms with Crippen LogP contribution in [-0.2, 0) is 4.74 Å². The van der Waals surface area contributed by atoms with E-state index in [1.807, 2.05) is 35.2 Å². The summed E-state index contributed by atoms with van der Waals surface area (Å²) in [7, 11) is 0. The molecule has 3 aliphatic rings. The monoisotopic (exact) mass is 359 g/mol. The number of nitrogens with zero attached hydrogens (tertiary/aromatic N) is 2. The van der Waals surface area contributed by atoms with E-state index < -0.39 is 0 Å². The van der Waals surface area contributed by atoms with Gasteiger partial charge in [0.05, 0.1) is 19.8 Å². The summed E-state index contributed by atoms with van der Waals surface area (Å²) in [5.41, 5.74) is 0.284. The number of carbonyl (C=O) groups is 1. The van der Waals surface area contributed by atoms with Gasteiger partial charge in [-0.25, -0.2) is 4.79 Å². The third-order valence-corrected chi connectivity index (χ3v) is 5.71. The maximum Gasteiger partial charge on any atom is 0.317 e. The third kappa shape index (κ3) is 4.48. The molecule has 26 heavy (non-hydrogen) atoms. The van der Waals surface area contributed by atoms with Crippen LogP contribution in [0.3, 0.4) is 0 Å². The molecule has 1 atom stereocenters. The van der Waals surface area contributed by atoms with E-state index in [4.69, 9.17) is 9.47 Å². The van der Waals surface area contributed by atoms with Crippen molar-refractivity contribution in [3.05, 3.63) is 30.3 Å². The van der Waals surface area contributed by atoms with Gasteiger partial charge in [-0.05, 0) is 25.0 Å². The lowest BCUT2D eigenvalue weighted by atomic mass is 10.1. The van der Waals surface area contributed by atoms with Crippen LogP contribution in [0.4, 0.5) is 4.79 Å². The van der Waals surface area contributed by atoms with E-state index in [0.29, 0.717) is 6.54 Å². The zero-order valence-corrected chi connectivity index (χ0v) is 15.4. The summed E-state index contributed by atoms with van der Waals surface area (Å²) in [4.78, 5) is 16.9. The zero-order chi connectivity index (χ0) is 17.8. The number of carbonyl (C=O) groups excluding carboxylic acids is 1. The highest BCUT2D eigenvalue weighted by Crippen LogP contribution is 2.45. The van der Waals surface area contributed by atoms with Crippen molar-refractivity contribution in [3.8, 4) is 5.75 Å². The summed E-state index contributed by atoms with van der Waals surface area (Å²) in [5, 5.41) is 3.17. The number of hydrogen-bond acceptors (Lipinski definition) is 4. The number of benzene rings is 1. The number of morpholine rings is 1. The summed E-state index contributed by atoms with van der Waals surface area (Å²) >= 11 is 0. The molecule has 2 heterocycles. The normalized spacial score (nSPS) is 25.1. The van der Waals surface area contributed by atoms with E-state index in [1.165, 1.54) is 12.8 Å². The molecule has 0 spiro atoms. The van der Waals surface area contributed by atoms with Gasteiger partial charge in [0.15, 0.2) is 0 Å². The molecule has 0 bridgehead atoms. The zero-order valence-electron chi connectivity index (χ0n) is 15.4. The van der Waals surface area contributed by atoms with Gasteiger partial charge in [-0.15, -0.1) is 0 Å². The van der Waals surface area contributed by atoms with Crippen LogP contribution in [0, 0.1) is 5.41 Å². The first kappa shape index (κ1) is 17.6. The molecule has 2 amide bonds. The highest BCUT2D eigenvalue weighted by molar-refractivity contribution is 5.74. The smallest absolute Gasteiger partial charge is 0.317 e. The summed E-state index contributed by atoms with van der Waals surface area (Å²) in [5.74, 6) is 0.877. The van der Waals surface area contributed by atoms with Gasteiger partial charge >= 0.3 is 6.03 Å². The lowest BCUT2D eigenvalue weighted by Gasteiger charge is -2.31. The van der Waals surface area contributed by atoms with Gasteiger partial charge in [-0.1, -0.05) is 18.2 Å². The molecule has 1 saturated carbocycles. The van der Waals surface area contributed by atoms with E-state index in [0.717, 1.165) is 58.1 Å². The molecule has 0 radical (unpaired) electrons. The molecule has 1 aliphatic carbocycles. The minimum atomic E-state index is 0.0532. The predicted molar refractivity (Wildman–Crippen MR) is 99.4 cm³/mol. The number of urea groups is 1. The Hall–Kier alpha value is -1.79. The number of amides is 2. The summed E-state index contributed by atoms with van der Waals surface area (Å²) in [6.07, 6.45) is 3.40. The summed E-state index contributed by atoms with van der Waals surface area (Å²) in [6.45, 7) is 6.98. The van der Waals surface area contributed by atoms with Crippen molar-refractivity contribution in [2.45, 2.75) is 25.4 Å². The number of hydrogen-bond donors (Lipinski definition) is 1. The molecule has 2 aliphatic heterocycles. The molecule has 0 unspecified atom stereocenters. The second-order valence-electron chi connectivity index (χ2n) is 7.83. The van der Waals surface area contributed by atoms with Gasteiger partial charge in [0.2, 0.25) is 0 Å². The Kier molecular flexibility index (Phi) is 5.31. The minimum absolute atomic E-state index is 0.0532.